The Morgan fingerprint density at radius 2 is 1.86 bits per heavy atom. The van der Waals surface area contributed by atoms with E-state index in [0.29, 0.717) is 4.77 Å². The van der Waals surface area contributed by atoms with Gasteiger partial charge in [0.15, 0.2) is 10.6 Å². The van der Waals surface area contributed by atoms with E-state index in [9.17, 15) is 4.39 Å². The first-order valence-corrected chi connectivity index (χ1v) is 8.07. The van der Waals surface area contributed by atoms with Crippen LogP contribution in [0.3, 0.4) is 0 Å². The summed E-state index contributed by atoms with van der Waals surface area (Å²) in [6.45, 7) is 5.20. The van der Waals surface area contributed by atoms with Gasteiger partial charge >= 0.3 is 0 Å². The molecule has 6 heteroatoms. The lowest BCUT2D eigenvalue weighted by Gasteiger charge is -2.29. The van der Waals surface area contributed by atoms with E-state index in [0.717, 1.165) is 37.1 Å². The van der Waals surface area contributed by atoms with Crippen LogP contribution in [-0.2, 0) is 13.7 Å². The third-order valence-electron chi connectivity index (χ3n) is 4.35. The van der Waals surface area contributed by atoms with Gasteiger partial charge in [-0.25, -0.2) is 9.07 Å². The zero-order chi connectivity index (χ0) is 15.7. The summed E-state index contributed by atoms with van der Waals surface area (Å²) < 4.78 is 17.5. The number of likely N-dealkylation sites (tertiary alicyclic amines) is 1. The summed E-state index contributed by atoms with van der Waals surface area (Å²) in [6, 6.07) is 6.37. The van der Waals surface area contributed by atoms with Gasteiger partial charge < -0.3 is 4.57 Å². The number of halogens is 1. The molecule has 0 atom stereocenters. The van der Waals surface area contributed by atoms with E-state index < -0.39 is 0 Å². The minimum absolute atomic E-state index is 0.244. The first-order valence-electron chi connectivity index (χ1n) is 7.66. The van der Waals surface area contributed by atoms with Gasteiger partial charge in [0, 0.05) is 25.7 Å². The van der Waals surface area contributed by atoms with E-state index in [-0.39, 0.29) is 5.82 Å². The molecule has 2 heterocycles. The van der Waals surface area contributed by atoms with Crippen molar-refractivity contribution >= 4 is 12.2 Å². The summed E-state index contributed by atoms with van der Waals surface area (Å²) in [5, 5.41) is 4.63. The van der Waals surface area contributed by atoms with Crippen molar-refractivity contribution in [2.24, 2.45) is 13.0 Å². The minimum atomic E-state index is -0.244. The first-order chi connectivity index (χ1) is 10.5. The number of rotatable bonds is 3. The van der Waals surface area contributed by atoms with Gasteiger partial charge in [0.05, 0.1) is 6.67 Å². The Balaban J connectivity index is 1.83. The smallest absolute Gasteiger partial charge is 0.199 e. The van der Waals surface area contributed by atoms with E-state index in [1.54, 1.807) is 12.1 Å². The zero-order valence-corrected chi connectivity index (χ0v) is 13.8. The fourth-order valence-electron chi connectivity index (χ4n) is 2.82. The number of piperidine rings is 1. The molecule has 118 valence electrons. The van der Waals surface area contributed by atoms with Crippen LogP contribution in [0.5, 0.6) is 0 Å². The van der Waals surface area contributed by atoms with Crippen LogP contribution in [0.2, 0.25) is 0 Å². The fourth-order valence-corrected chi connectivity index (χ4v) is 3.01. The van der Waals surface area contributed by atoms with Crippen LogP contribution in [0.25, 0.3) is 11.4 Å². The Kier molecular flexibility index (Phi) is 4.40. The molecule has 22 heavy (non-hydrogen) atoms. The van der Waals surface area contributed by atoms with Crippen LogP contribution in [0.4, 0.5) is 4.39 Å². The summed E-state index contributed by atoms with van der Waals surface area (Å²) in [6.07, 6.45) is 2.45. The lowest BCUT2D eigenvalue weighted by Crippen LogP contribution is -2.34. The van der Waals surface area contributed by atoms with Crippen molar-refractivity contribution in [3.05, 3.63) is 34.9 Å². The Hall–Kier alpha value is -1.53. The van der Waals surface area contributed by atoms with Crippen molar-refractivity contribution in [2.75, 3.05) is 13.1 Å². The summed E-state index contributed by atoms with van der Waals surface area (Å²) in [5.74, 6) is 1.34. The fraction of sp³-hybridized carbons (Fsp3) is 0.500. The van der Waals surface area contributed by atoms with Crippen LogP contribution in [0.15, 0.2) is 24.3 Å². The van der Waals surface area contributed by atoms with Crippen molar-refractivity contribution in [1.82, 2.24) is 19.2 Å². The lowest BCUT2D eigenvalue weighted by molar-refractivity contribution is 0.146. The Bertz CT molecular complexity index is 696. The molecular weight excluding hydrogens is 299 g/mol. The minimum Gasteiger partial charge on any atom is -0.303 e. The normalized spacial score (nSPS) is 17.0. The zero-order valence-electron chi connectivity index (χ0n) is 13.0. The van der Waals surface area contributed by atoms with Gasteiger partial charge in [0.2, 0.25) is 0 Å². The molecule has 1 aliphatic heterocycles. The van der Waals surface area contributed by atoms with Gasteiger partial charge in [-0.15, -0.1) is 0 Å². The third-order valence-corrected chi connectivity index (χ3v) is 4.84. The van der Waals surface area contributed by atoms with Crippen molar-refractivity contribution < 1.29 is 4.39 Å². The maximum atomic E-state index is 13.1. The predicted octanol–water partition coefficient (Wildman–Crippen LogP) is 3.45. The van der Waals surface area contributed by atoms with Gasteiger partial charge in [-0.3, -0.25) is 4.90 Å². The number of hydrogen-bond donors (Lipinski definition) is 0. The molecule has 4 nitrogen and oxygen atoms in total. The molecule has 0 radical (unpaired) electrons. The van der Waals surface area contributed by atoms with Gasteiger partial charge in [-0.05, 0) is 55.2 Å². The molecule has 0 amide bonds. The Morgan fingerprint density at radius 3 is 2.50 bits per heavy atom. The summed E-state index contributed by atoms with van der Waals surface area (Å²) in [5.41, 5.74) is 0.876. The van der Waals surface area contributed by atoms with Crippen LogP contribution in [0, 0.1) is 16.5 Å². The molecule has 1 aromatic heterocycles. The van der Waals surface area contributed by atoms with E-state index in [2.05, 4.69) is 16.9 Å². The van der Waals surface area contributed by atoms with Crippen molar-refractivity contribution in [3.8, 4) is 11.4 Å². The molecule has 0 unspecified atom stereocenters. The molecule has 0 spiro atoms. The highest BCUT2D eigenvalue weighted by molar-refractivity contribution is 7.71. The predicted molar refractivity (Wildman–Crippen MR) is 87.4 cm³/mol. The van der Waals surface area contributed by atoms with Crippen molar-refractivity contribution in [3.63, 3.8) is 0 Å². The van der Waals surface area contributed by atoms with E-state index in [1.165, 1.54) is 25.0 Å². The standard InChI is InChI=1S/C16H21FN4S/c1-12-7-9-20(10-8-12)11-21-16(22)19(2)15(18-21)13-3-5-14(17)6-4-13/h3-6,12H,7-11H2,1-2H3. The highest BCUT2D eigenvalue weighted by atomic mass is 32.1. The maximum Gasteiger partial charge on any atom is 0.199 e. The number of aromatic nitrogens is 3. The van der Waals surface area contributed by atoms with Gasteiger partial charge in [-0.1, -0.05) is 6.92 Å². The second-order valence-electron chi connectivity index (χ2n) is 6.11. The quantitative estimate of drug-likeness (QED) is 0.810. The second-order valence-corrected chi connectivity index (χ2v) is 6.48. The molecule has 0 aliphatic carbocycles. The monoisotopic (exact) mass is 320 g/mol. The molecule has 1 saturated heterocycles. The van der Waals surface area contributed by atoms with Crippen LogP contribution < -0.4 is 0 Å². The van der Waals surface area contributed by atoms with Gasteiger partial charge in [0.25, 0.3) is 0 Å². The van der Waals surface area contributed by atoms with Crippen molar-refractivity contribution in [2.45, 2.75) is 26.4 Å². The lowest BCUT2D eigenvalue weighted by atomic mass is 10.00. The third kappa shape index (κ3) is 3.13. The van der Waals surface area contributed by atoms with Crippen molar-refractivity contribution in [1.29, 1.82) is 0 Å². The second kappa shape index (κ2) is 6.30. The molecule has 1 aliphatic rings. The van der Waals surface area contributed by atoms with Gasteiger partial charge in [-0.2, -0.15) is 5.10 Å². The molecule has 0 bridgehead atoms. The summed E-state index contributed by atoms with van der Waals surface area (Å²) in [7, 11) is 1.91. The van der Waals surface area contributed by atoms with E-state index in [4.69, 9.17) is 12.2 Å². The molecule has 0 N–H and O–H groups in total. The summed E-state index contributed by atoms with van der Waals surface area (Å²) in [4.78, 5) is 2.39. The van der Waals surface area contributed by atoms with Gasteiger partial charge in [0.1, 0.15) is 5.82 Å². The highest BCUT2D eigenvalue weighted by Crippen LogP contribution is 2.20. The Morgan fingerprint density at radius 1 is 1.23 bits per heavy atom. The maximum absolute atomic E-state index is 13.1. The molecule has 1 aromatic carbocycles. The van der Waals surface area contributed by atoms with Crippen LogP contribution in [0.1, 0.15) is 19.8 Å². The Labute approximate surface area is 135 Å². The molecular formula is C16H21FN4S. The average molecular weight is 320 g/mol. The first kappa shape index (κ1) is 15.4. The molecule has 1 fully saturated rings. The SMILES string of the molecule is CC1CCN(Cn2nc(-c3ccc(F)cc3)n(C)c2=S)CC1. The highest BCUT2D eigenvalue weighted by Gasteiger charge is 2.18. The molecule has 2 aromatic rings. The van der Waals surface area contributed by atoms with E-state index >= 15 is 0 Å². The number of benzene rings is 1. The van der Waals surface area contributed by atoms with E-state index in [1.807, 2.05) is 16.3 Å². The topological polar surface area (TPSA) is 26.0 Å². The molecule has 3 rings (SSSR count). The number of nitrogens with zero attached hydrogens (tertiary/aromatic N) is 4. The van der Waals surface area contributed by atoms with Crippen LogP contribution >= 0.6 is 12.2 Å². The number of hydrogen-bond acceptors (Lipinski definition) is 3. The largest absolute Gasteiger partial charge is 0.303 e. The summed E-state index contributed by atoms with van der Waals surface area (Å²) >= 11 is 5.49. The van der Waals surface area contributed by atoms with Crippen LogP contribution in [-0.4, -0.2) is 32.3 Å². The molecule has 0 saturated carbocycles. The average Bonchev–Trinajstić information content (AvgIpc) is 2.79.